The fraction of sp³-hybridized carbons (Fsp3) is 0.538. The van der Waals surface area contributed by atoms with Crippen LogP contribution in [-0.4, -0.2) is 26.1 Å². The van der Waals surface area contributed by atoms with Crippen LogP contribution in [0, 0.1) is 6.92 Å². The number of benzene rings is 1. The maximum atomic E-state index is 12.0. The van der Waals surface area contributed by atoms with Crippen LogP contribution in [0.15, 0.2) is 16.6 Å². The van der Waals surface area contributed by atoms with Gasteiger partial charge in [-0.3, -0.25) is 0 Å². The molecule has 3 nitrogen and oxygen atoms in total. The molecular formula is C13H17BrF3NO2. The number of hydrogen-bond acceptors (Lipinski definition) is 3. The highest BCUT2D eigenvalue weighted by Crippen LogP contribution is 2.28. The van der Waals surface area contributed by atoms with Crippen LogP contribution in [-0.2, 0) is 11.3 Å². The molecule has 0 amide bonds. The van der Waals surface area contributed by atoms with Gasteiger partial charge in [-0.15, -0.1) is 0 Å². The van der Waals surface area contributed by atoms with E-state index in [0.717, 1.165) is 22.1 Å². The lowest BCUT2D eigenvalue weighted by Gasteiger charge is -2.16. The smallest absolute Gasteiger partial charge is 0.411 e. The summed E-state index contributed by atoms with van der Waals surface area (Å²) in [6, 6.07) is 3.71. The van der Waals surface area contributed by atoms with E-state index in [0.29, 0.717) is 12.3 Å². The van der Waals surface area contributed by atoms with Crippen molar-refractivity contribution in [2.75, 3.05) is 19.9 Å². The minimum Gasteiger partial charge on any atom is -0.467 e. The Hall–Kier alpha value is -0.790. The van der Waals surface area contributed by atoms with Crippen molar-refractivity contribution in [2.24, 2.45) is 0 Å². The summed E-state index contributed by atoms with van der Waals surface area (Å²) in [5, 5.41) is 3.15. The Labute approximate surface area is 124 Å². The Balaban J connectivity index is 2.67. The lowest BCUT2D eigenvalue weighted by Crippen LogP contribution is -2.20. The fourth-order valence-corrected chi connectivity index (χ4v) is 2.27. The Morgan fingerprint density at radius 3 is 2.60 bits per heavy atom. The van der Waals surface area contributed by atoms with Gasteiger partial charge >= 0.3 is 6.18 Å². The molecule has 0 aliphatic rings. The second kappa shape index (κ2) is 7.85. The van der Waals surface area contributed by atoms with Crippen LogP contribution in [0.2, 0.25) is 0 Å². The first kappa shape index (κ1) is 17.3. The molecular weight excluding hydrogens is 339 g/mol. The van der Waals surface area contributed by atoms with Gasteiger partial charge in [-0.2, -0.15) is 13.2 Å². The highest BCUT2D eigenvalue weighted by molar-refractivity contribution is 9.10. The minimum atomic E-state index is -4.34. The van der Waals surface area contributed by atoms with Crippen LogP contribution in [0.4, 0.5) is 13.2 Å². The number of rotatable bonds is 7. The minimum absolute atomic E-state index is 0.429. The molecule has 1 N–H and O–H groups in total. The maximum Gasteiger partial charge on any atom is 0.411 e. The highest BCUT2D eigenvalue weighted by atomic mass is 79.9. The van der Waals surface area contributed by atoms with E-state index in [-0.39, 0.29) is 0 Å². The number of ether oxygens (including phenoxy) is 2. The molecule has 7 heteroatoms. The van der Waals surface area contributed by atoms with E-state index >= 15 is 0 Å². The first-order valence-electron chi connectivity index (χ1n) is 6.10. The molecule has 0 aromatic heterocycles. The van der Waals surface area contributed by atoms with Crippen molar-refractivity contribution in [1.82, 2.24) is 5.32 Å². The summed E-state index contributed by atoms with van der Waals surface area (Å²) in [4.78, 5) is 0. The van der Waals surface area contributed by atoms with Crippen LogP contribution in [0.3, 0.4) is 0 Å². The highest BCUT2D eigenvalue weighted by Gasteiger charge is 2.27. The Kier molecular flexibility index (Phi) is 6.78. The summed E-state index contributed by atoms with van der Waals surface area (Å²) in [6.07, 6.45) is -4.34. The van der Waals surface area contributed by atoms with Crippen molar-refractivity contribution in [1.29, 1.82) is 0 Å². The zero-order valence-electron chi connectivity index (χ0n) is 11.3. The Bertz CT molecular complexity index is 438. The van der Waals surface area contributed by atoms with E-state index in [1.807, 2.05) is 26.0 Å². The second-order valence-electron chi connectivity index (χ2n) is 4.22. The molecule has 0 atom stereocenters. The van der Waals surface area contributed by atoms with Gasteiger partial charge in [0.1, 0.15) is 12.4 Å². The quantitative estimate of drug-likeness (QED) is 0.596. The van der Waals surface area contributed by atoms with Crippen molar-refractivity contribution in [2.45, 2.75) is 26.6 Å². The Morgan fingerprint density at radius 2 is 2.00 bits per heavy atom. The molecule has 114 valence electrons. The van der Waals surface area contributed by atoms with Gasteiger partial charge in [0.05, 0.1) is 0 Å². The van der Waals surface area contributed by atoms with Crippen LogP contribution < -0.4 is 10.1 Å². The van der Waals surface area contributed by atoms with E-state index in [4.69, 9.17) is 4.74 Å². The average Bonchev–Trinajstić information content (AvgIpc) is 2.32. The SMILES string of the molecule is CCNCc1cc(Br)cc(C)c1OCOCC(F)(F)F. The van der Waals surface area contributed by atoms with Crippen molar-refractivity contribution >= 4 is 15.9 Å². The standard InChI is InChI=1S/C13H17BrF3NO2/c1-3-18-6-10-5-11(14)4-9(2)12(10)20-8-19-7-13(15,16)17/h4-5,18H,3,6-8H2,1-2H3. The Morgan fingerprint density at radius 1 is 1.30 bits per heavy atom. The molecule has 1 rings (SSSR count). The molecule has 0 bridgehead atoms. The second-order valence-corrected chi connectivity index (χ2v) is 5.13. The number of nitrogens with one attached hydrogen (secondary N) is 1. The monoisotopic (exact) mass is 355 g/mol. The number of alkyl halides is 3. The predicted octanol–water partition coefficient (Wildman–Crippen LogP) is 3.78. The van der Waals surface area contributed by atoms with Gasteiger partial charge < -0.3 is 14.8 Å². The average molecular weight is 356 g/mol. The molecule has 20 heavy (non-hydrogen) atoms. The summed E-state index contributed by atoms with van der Waals surface area (Å²) in [6.45, 7) is 3.42. The molecule has 0 fully saturated rings. The third-order valence-electron chi connectivity index (χ3n) is 2.43. The van der Waals surface area contributed by atoms with Crippen molar-refractivity contribution < 1.29 is 22.6 Å². The third-order valence-corrected chi connectivity index (χ3v) is 2.89. The molecule has 0 radical (unpaired) electrons. The fourth-order valence-electron chi connectivity index (χ4n) is 1.65. The van der Waals surface area contributed by atoms with Crippen LogP contribution in [0.25, 0.3) is 0 Å². The number of hydrogen-bond donors (Lipinski definition) is 1. The van der Waals surface area contributed by atoms with Gasteiger partial charge in [-0.25, -0.2) is 0 Å². The zero-order chi connectivity index (χ0) is 15.2. The van der Waals surface area contributed by atoms with Crippen molar-refractivity contribution in [3.63, 3.8) is 0 Å². The van der Waals surface area contributed by atoms with E-state index in [1.165, 1.54) is 0 Å². The van der Waals surface area contributed by atoms with Gasteiger partial charge in [0.2, 0.25) is 0 Å². The maximum absolute atomic E-state index is 12.0. The largest absolute Gasteiger partial charge is 0.467 e. The summed E-state index contributed by atoms with van der Waals surface area (Å²) in [7, 11) is 0. The van der Waals surface area contributed by atoms with Crippen LogP contribution >= 0.6 is 15.9 Å². The summed E-state index contributed by atoms with van der Waals surface area (Å²) >= 11 is 3.38. The zero-order valence-corrected chi connectivity index (χ0v) is 12.9. The van der Waals surface area contributed by atoms with Gasteiger partial charge in [0, 0.05) is 16.6 Å². The summed E-state index contributed by atoms with van der Waals surface area (Å²) in [5.74, 6) is 0.552. The van der Waals surface area contributed by atoms with Gasteiger partial charge in [0.25, 0.3) is 0 Å². The molecule has 0 unspecified atom stereocenters. The van der Waals surface area contributed by atoms with E-state index in [1.54, 1.807) is 0 Å². The first-order chi connectivity index (χ1) is 9.33. The molecule has 0 heterocycles. The number of aryl methyl sites for hydroxylation is 1. The van der Waals surface area contributed by atoms with Gasteiger partial charge in [-0.05, 0) is 31.2 Å². The first-order valence-corrected chi connectivity index (χ1v) is 6.90. The van der Waals surface area contributed by atoms with Gasteiger partial charge in [0.15, 0.2) is 6.79 Å². The third kappa shape index (κ3) is 6.11. The normalized spacial score (nSPS) is 11.7. The van der Waals surface area contributed by atoms with E-state index < -0.39 is 19.6 Å². The van der Waals surface area contributed by atoms with E-state index in [9.17, 15) is 13.2 Å². The van der Waals surface area contributed by atoms with E-state index in [2.05, 4.69) is 26.0 Å². The topological polar surface area (TPSA) is 30.5 Å². The molecule has 1 aromatic rings. The van der Waals surface area contributed by atoms with Crippen molar-refractivity contribution in [3.8, 4) is 5.75 Å². The lowest BCUT2D eigenvalue weighted by atomic mass is 10.1. The lowest BCUT2D eigenvalue weighted by molar-refractivity contribution is -0.186. The molecule has 0 spiro atoms. The summed E-state index contributed by atoms with van der Waals surface area (Å²) in [5.41, 5.74) is 1.71. The van der Waals surface area contributed by atoms with Crippen LogP contribution in [0.1, 0.15) is 18.1 Å². The molecule has 0 saturated carbocycles. The molecule has 0 aliphatic heterocycles. The summed E-state index contributed by atoms with van der Waals surface area (Å²) < 4.78 is 46.6. The predicted molar refractivity (Wildman–Crippen MR) is 73.8 cm³/mol. The van der Waals surface area contributed by atoms with Crippen molar-refractivity contribution in [3.05, 3.63) is 27.7 Å². The van der Waals surface area contributed by atoms with Gasteiger partial charge in [-0.1, -0.05) is 22.9 Å². The molecule has 0 saturated heterocycles. The number of halogens is 4. The van der Waals surface area contributed by atoms with Crippen LogP contribution in [0.5, 0.6) is 5.75 Å². The molecule has 0 aliphatic carbocycles. The molecule has 1 aromatic carbocycles.